The Hall–Kier alpha value is -0.570. The Bertz CT molecular complexity index is 285. The van der Waals surface area contributed by atoms with Crippen molar-refractivity contribution in [2.75, 3.05) is 0 Å². The van der Waals surface area contributed by atoms with E-state index >= 15 is 0 Å². The van der Waals surface area contributed by atoms with E-state index < -0.39 is 0 Å². The molecule has 2 heterocycles. The molecular weight excluding hydrogens is 192 g/mol. The highest BCUT2D eigenvalue weighted by atomic mass is 16.6. The third-order valence-corrected chi connectivity index (χ3v) is 3.96. The number of hydrogen-bond donors (Lipinski definition) is 0. The van der Waals surface area contributed by atoms with Crippen LogP contribution in [0.5, 0.6) is 0 Å². The van der Waals surface area contributed by atoms with Gasteiger partial charge in [-0.25, -0.2) is 0 Å². The molecule has 3 atom stereocenters. The van der Waals surface area contributed by atoms with Crippen molar-refractivity contribution in [2.24, 2.45) is 5.92 Å². The lowest BCUT2D eigenvalue weighted by Gasteiger charge is -2.56. The van der Waals surface area contributed by atoms with Crippen LogP contribution in [0.1, 0.15) is 47.0 Å². The minimum absolute atomic E-state index is 0.0539. The van der Waals surface area contributed by atoms with Gasteiger partial charge in [0, 0.05) is 6.92 Å². The Labute approximate surface area is 91.1 Å². The molecule has 0 spiro atoms. The van der Waals surface area contributed by atoms with Gasteiger partial charge < -0.3 is 9.47 Å². The van der Waals surface area contributed by atoms with Crippen LogP contribution in [-0.2, 0) is 14.3 Å². The molecule has 3 rings (SSSR count). The minimum Gasteiger partial charge on any atom is -0.459 e. The predicted octanol–water partition coefficient (Wildman–Crippen LogP) is 2.29. The molecule has 0 radical (unpaired) electrons. The normalized spacial score (nSPS) is 42.7. The standard InChI is InChI=1S/C12H20O3/c1-8(13)14-10-7-9-5-6-12(10,4)15-11(9,2)3/h9-10H,5-7H2,1-4H3/t9-,10+,12-/m0/s1. The fourth-order valence-electron chi connectivity index (χ4n) is 3.05. The van der Waals surface area contributed by atoms with E-state index in [1.165, 1.54) is 13.3 Å². The van der Waals surface area contributed by atoms with Gasteiger partial charge in [-0.3, -0.25) is 4.79 Å². The fourth-order valence-corrected chi connectivity index (χ4v) is 3.05. The van der Waals surface area contributed by atoms with E-state index in [0.29, 0.717) is 5.92 Å². The molecule has 0 amide bonds. The summed E-state index contributed by atoms with van der Waals surface area (Å²) in [6.45, 7) is 7.81. The van der Waals surface area contributed by atoms with E-state index in [1.807, 2.05) is 0 Å². The van der Waals surface area contributed by atoms with Crippen molar-refractivity contribution in [3.8, 4) is 0 Å². The van der Waals surface area contributed by atoms with Crippen LogP contribution in [0.25, 0.3) is 0 Å². The molecular formula is C12H20O3. The molecule has 3 nitrogen and oxygen atoms in total. The summed E-state index contributed by atoms with van der Waals surface area (Å²) in [5, 5.41) is 0. The van der Waals surface area contributed by atoms with E-state index in [4.69, 9.17) is 9.47 Å². The summed E-state index contributed by atoms with van der Waals surface area (Å²) in [5.41, 5.74) is -0.340. The van der Waals surface area contributed by atoms with E-state index in [-0.39, 0.29) is 23.3 Å². The molecule has 3 fully saturated rings. The Morgan fingerprint density at radius 3 is 2.53 bits per heavy atom. The van der Waals surface area contributed by atoms with Crippen molar-refractivity contribution < 1.29 is 14.3 Å². The highest BCUT2D eigenvalue weighted by molar-refractivity contribution is 5.66. The van der Waals surface area contributed by atoms with Gasteiger partial charge in [0.25, 0.3) is 0 Å². The van der Waals surface area contributed by atoms with Gasteiger partial charge in [-0.1, -0.05) is 0 Å². The van der Waals surface area contributed by atoms with Crippen molar-refractivity contribution >= 4 is 5.97 Å². The predicted molar refractivity (Wildman–Crippen MR) is 56.5 cm³/mol. The highest BCUT2D eigenvalue weighted by Gasteiger charge is 2.55. The van der Waals surface area contributed by atoms with E-state index in [0.717, 1.165) is 12.8 Å². The maximum absolute atomic E-state index is 11.0. The first-order valence-corrected chi connectivity index (χ1v) is 5.71. The molecule has 0 aromatic heterocycles. The van der Waals surface area contributed by atoms with Crippen LogP contribution in [0.2, 0.25) is 0 Å². The van der Waals surface area contributed by atoms with Gasteiger partial charge >= 0.3 is 5.97 Å². The summed E-state index contributed by atoms with van der Waals surface area (Å²) in [6.07, 6.45) is 3.07. The minimum atomic E-state index is -0.274. The number of esters is 1. The number of carbonyl (C=O) groups excluding carboxylic acids is 1. The monoisotopic (exact) mass is 212 g/mol. The largest absolute Gasteiger partial charge is 0.459 e. The summed E-state index contributed by atoms with van der Waals surface area (Å²) >= 11 is 0. The van der Waals surface area contributed by atoms with Gasteiger partial charge in [0.15, 0.2) is 0 Å². The van der Waals surface area contributed by atoms with Crippen molar-refractivity contribution in [3.63, 3.8) is 0 Å². The molecule has 3 aliphatic rings. The molecule has 0 unspecified atom stereocenters. The molecule has 3 heteroatoms. The number of ether oxygens (including phenoxy) is 2. The SMILES string of the molecule is CC(=O)O[C@@H]1C[C@@H]2CC[C@]1(C)OC2(C)C. The second-order valence-electron chi connectivity index (χ2n) is 5.59. The van der Waals surface area contributed by atoms with Crippen LogP contribution in [0.3, 0.4) is 0 Å². The molecule has 1 aliphatic carbocycles. The summed E-state index contributed by atoms with van der Waals surface area (Å²) < 4.78 is 11.5. The molecule has 2 bridgehead atoms. The molecule has 1 saturated carbocycles. The highest BCUT2D eigenvalue weighted by Crippen LogP contribution is 2.50. The molecule has 2 aliphatic heterocycles. The summed E-state index contributed by atoms with van der Waals surface area (Å²) in [5.74, 6) is 0.318. The molecule has 2 saturated heterocycles. The van der Waals surface area contributed by atoms with Crippen molar-refractivity contribution in [1.29, 1.82) is 0 Å². The first-order chi connectivity index (χ1) is 6.83. The Morgan fingerprint density at radius 2 is 2.07 bits per heavy atom. The Morgan fingerprint density at radius 1 is 1.40 bits per heavy atom. The first-order valence-electron chi connectivity index (χ1n) is 5.71. The van der Waals surface area contributed by atoms with Crippen LogP contribution in [0, 0.1) is 5.92 Å². The maximum atomic E-state index is 11.0. The van der Waals surface area contributed by atoms with Gasteiger partial charge in [-0.15, -0.1) is 0 Å². The zero-order valence-electron chi connectivity index (χ0n) is 10.0. The molecule has 0 aromatic rings. The lowest BCUT2D eigenvalue weighted by molar-refractivity contribution is -0.277. The lowest BCUT2D eigenvalue weighted by Crippen LogP contribution is -2.62. The molecule has 15 heavy (non-hydrogen) atoms. The van der Waals surface area contributed by atoms with Gasteiger partial charge in [0.1, 0.15) is 11.7 Å². The third-order valence-electron chi connectivity index (χ3n) is 3.96. The average molecular weight is 212 g/mol. The second kappa shape index (κ2) is 3.21. The van der Waals surface area contributed by atoms with Crippen LogP contribution in [-0.4, -0.2) is 23.3 Å². The van der Waals surface area contributed by atoms with Gasteiger partial charge in [0.2, 0.25) is 0 Å². The summed E-state index contributed by atoms with van der Waals surface area (Å²) in [6, 6.07) is 0. The van der Waals surface area contributed by atoms with Crippen LogP contribution >= 0.6 is 0 Å². The summed E-state index contributed by atoms with van der Waals surface area (Å²) in [7, 11) is 0. The Balaban J connectivity index is 2.17. The van der Waals surface area contributed by atoms with E-state index in [9.17, 15) is 4.79 Å². The smallest absolute Gasteiger partial charge is 0.303 e. The molecule has 86 valence electrons. The number of hydrogen-bond acceptors (Lipinski definition) is 3. The zero-order chi connectivity index (χ0) is 11.3. The van der Waals surface area contributed by atoms with Crippen molar-refractivity contribution in [1.82, 2.24) is 0 Å². The van der Waals surface area contributed by atoms with E-state index in [1.54, 1.807) is 0 Å². The van der Waals surface area contributed by atoms with Gasteiger partial charge in [0.05, 0.1) is 5.60 Å². The first kappa shape index (κ1) is 10.9. The average Bonchev–Trinajstić information content (AvgIpc) is 2.04. The third kappa shape index (κ3) is 1.78. The quantitative estimate of drug-likeness (QED) is 0.625. The fraction of sp³-hybridized carbons (Fsp3) is 0.917. The van der Waals surface area contributed by atoms with Gasteiger partial charge in [-0.2, -0.15) is 0 Å². The number of rotatable bonds is 1. The zero-order valence-corrected chi connectivity index (χ0v) is 10.0. The summed E-state index contributed by atoms with van der Waals surface area (Å²) in [4.78, 5) is 11.0. The van der Waals surface area contributed by atoms with E-state index in [2.05, 4.69) is 20.8 Å². The lowest BCUT2D eigenvalue weighted by atomic mass is 9.67. The maximum Gasteiger partial charge on any atom is 0.303 e. The molecule has 0 N–H and O–H groups in total. The van der Waals surface area contributed by atoms with Crippen LogP contribution < -0.4 is 0 Å². The topological polar surface area (TPSA) is 35.5 Å². The van der Waals surface area contributed by atoms with Crippen molar-refractivity contribution in [3.05, 3.63) is 0 Å². The number of carbonyl (C=O) groups is 1. The van der Waals surface area contributed by atoms with Crippen molar-refractivity contribution in [2.45, 2.75) is 64.3 Å². The molecule has 0 aromatic carbocycles. The second-order valence-corrected chi connectivity index (χ2v) is 5.59. The number of fused-ring (bicyclic) bond motifs is 3. The Kier molecular flexibility index (Phi) is 2.34. The van der Waals surface area contributed by atoms with Crippen LogP contribution in [0.4, 0.5) is 0 Å². The van der Waals surface area contributed by atoms with Crippen LogP contribution in [0.15, 0.2) is 0 Å². The van der Waals surface area contributed by atoms with Gasteiger partial charge in [-0.05, 0) is 46.0 Å².